The number of carbonyl (C=O) groups is 2. The van der Waals surface area contributed by atoms with Crippen LogP contribution in [0.4, 0.5) is 4.79 Å². The van der Waals surface area contributed by atoms with E-state index in [-0.39, 0.29) is 6.03 Å². The first-order chi connectivity index (χ1) is 10.0. The normalized spacial score (nSPS) is 18.2. The number of thiophene rings is 1. The molecule has 2 amide bonds. The van der Waals surface area contributed by atoms with E-state index in [2.05, 4.69) is 26.6 Å². The number of rotatable bonds is 5. The van der Waals surface area contributed by atoms with Crippen molar-refractivity contribution in [2.24, 2.45) is 0 Å². The molecule has 0 spiro atoms. The van der Waals surface area contributed by atoms with Crippen LogP contribution in [0, 0.1) is 0 Å². The molecular formula is C13H15BrN2O3S2. The van der Waals surface area contributed by atoms with E-state index >= 15 is 0 Å². The number of ether oxygens (including phenoxy) is 1. The topological polar surface area (TPSA) is 67.4 Å². The molecule has 2 N–H and O–H groups in total. The van der Waals surface area contributed by atoms with Gasteiger partial charge in [-0.05, 0) is 41.2 Å². The molecular weight excluding hydrogens is 376 g/mol. The minimum Gasteiger partial charge on any atom is -0.461 e. The van der Waals surface area contributed by atoms with Gasteiger partial charge in [-0.25, -0.2) is 9.59 Å². The number of thioether (sulfide) groups is 1. The molecule has 0 aromatic carbocycles. The highest BCUT2D eigenvalue weighted by molar-refractivity contribution is 9.11. The summed E-state index contributed by atoms with van der Waals surface area (Å²) < 4.78 is 6.21. The molecule has 0 fully saturated rings. The molecule has 2 heterocycles. The second kappa shape index (κ2) is 7.33. The van der Waals surface area contributed by atoms with Crippen molar-refractivity contribution < 1.29 is 14.3 Å². The van der Waals surface area contributed by atoms with Gasteiger partial charge < -0.3 is 15.4 Å². The molecule has 1 aliphatic rings. The Balaban J connectivity index is 2.26. The fourth-order valence-corrected chi connectivity index (χ4v) is 3.69. The zero-order valence-electron chi connectivity index (χ0n) is 11.6. The Morgan fingerprint density at radius 2 is 2.29 bits per heavy atom. The Morgan fingerprint density at radius 3 is 2.90 bits per heavy atom. The first kappa shape index (κ1) is 16.4. The van der Waals surface area contributed by atoms with Crippen LogP contribution in [0.2, 0.25) is 0 Å². The van der Waals surface area contributed by atoms with Crippen LogP contribution in [0.1, 0.15) is 17.8 Å². The Hall–Kier alpha value is -0.990. The van der Waals surface area contributed by atoms with Crippen molar-refractivity contribution in [1.82, 2.24) is 10.6 Å². The van der Waals surface area contributed by atoms with E-state index in [0.717, 1.165) is 14.4 Å². The van der Waals surface area contributed by atoms with Crippen LogP contribution in [0.5, 0.6) is 0 Å². The average Bonchev–Trinajstić information content (AvgIpc) is 2.84. The van der Waals surface area contributed by atoms with Crippen LogP contribution in [-0.2, 0) is 9.53 Å². The van der Waals surface area contributed by atoms with Gasteiger partial charge in [-0.1, -0.05) is 0 Å². The van der Waals surface area contributed by atoms with E-state index in [9.17, 15) is 9.59 Å². The quantitative estimate of drug-likeness (QED) is 0.598. The highest BCUT2D eigenvalue weighted by Crippen LogP contribution is 2.34. The Labute approximate surface area is 139 Å². The number of hydrogen-bond donors (Lipinski definition) is 2. The predicted octanol–water partition coefficient (Wildman–Crippen LogP) is 3.04. The number of allylic oxidation sites excluding steroid dienone is 1. The van der Waals surface area contributed by atoms with Crippen LogP contribution in [-0.4, -0.2) is 30.6 Å². The molecule has 0 saturated heterocycles. The lowest BCUT2D eigenvalue weighted by Gasteiger charge is -2.27. The molecule has 5 nitrogen and oxygen atoms in total. The maximum Gasteiger partial charge on any atom is 0.338 e. The molecule has 8 heteroatoms. The summed E-state index contributed by atoms with van der Waals surface area (Å²) in [5.74, 6) is 0.344. The van der Waals surface area contributed by atoms with Crippen molar-refractivity contribution in [3.05, 3.63) is 32.1 Å². The molecule has 0 saturated carbocycles. The van der Waals surface area contributed by atoms with Gasteiger partial charge in [-0.15, -0.1) is 11.3 Å². The third kappa shape index (κ3) is 4.02. The Morgan fingerprint density at radius 1 is 1.52 bits per heavy atom. The van der Waals surface area contributed by atoms with Crippen LogP contribution in [0.15, 0.2) is 27.2 Å². The Kier molecular flexibility index (Phi) is 5.72. The van der Waals surface area contributed by atoms with Gasteiger partial charge in [0.05, 0.1) is 15.4 Å². The summed E-state index contributed by atoms with van der Waals surface area (Å²) in [6.07, 6.45) is 1.95. The average molecular weight is 391 g/mol. The molecule has 0 bridgehead atoms. The summed E-state index contributed by atoms with van der Waals surface area (Å²) >= 11 is 6.48. The molecule has 1 aromatic heterocycles. The number of amides is 2. The maximum absolute atomic E-state index is 12.3. The van der Waals surface area contributed by atoms with Crippen molar-refractivity contribution in [2.45, 2.75) is 13.0 Å². The van der Waals surface area contributed by atoms with E-state index < -0.39 is 12.0 Å². The van der Waals surface area contributed by atoms with Gasteiger partial charge in [0.25, 0.3) is 0 Å². The first-order valence-electron chi connectivity index (χ1n) is 6.22. The van der Waals surface area contributed by atoms with Gasteiger partial charge in [0.2, 0.25) is 0 Å². The molecule has 1 aromatic rings. The number of esters is 1. The minimum absolute atomic E-state index is 0.317. The summed E-state index contributed by atoms with van der Waals surface area (Å²) in [5, 5.41) is 5.40. The van der Waals surface area contributed by atoms with Gasteiger partial charge in [0.1, 0.15) is 6.61 Å². The van der Waals surface area contributed by atoms with Crippen LogP contribution < -0.4 is 10.6 Å². The summed E-state index contributed by atoms with van der Waals surface area (Å²) in [4.78, 5) is 24.8. The minimum atomic E-state index is -0.475. The summed E-state index contributed by atoms with van der Waals surface area (Å²) in [6, 6.07) is 2.98. The highest BCUT2D eigenvalue weighted by atomic mass is 79.9. The van der Waals surface area contributed by atoms with Crippen LogP contribution in [0.25, 0.3) is 0 Å². The standard InChI is InChI=1S/C13H15BrN2O3S2/c1-7-10(12(17)19-5-6-20-2)11(16-13(18)15-7)8-3-4-9(14)21-8/h3-4,11H,5-6H2,1-2H3,(H2,15,16,18)/t11-/m1/s1. The number of urea groups is 1. The fraction of sp³-hybridized carbons (Fsp3) is 0.385. The molecule has 2 rings (SSSR count). The van der Waals surface area contributed by atoms with E-state index in [1.165, 1.54) is 11.3 Å². The molecule has 1 aliphatic heterocycles. The molecule has 114 valence electrons. The molecule has 0 aliphatic carbocycles. The highest BCUT2D eigenvalue weighted by Gasteiger charge is 2.32. The van der Waals surface area contributed by atoms with Crippen LogP contribution >= 0.6 is 39.0 Å². The summed E-state index contributed by atoms with van der Waals surface area (Å²) in [6.45, 7) is 2.06. The lowest BCUT2D eigenvalue weighted by molar-refractivity contribution is -0.138. The van der Waals surface area contributed by atoms with Gasteiger partial charge in [-0.3, -0.25) is 0 Å². The zero-order valence-corrected chi connectivity index (χ0v) is 14.8. The Bertz CT molecular complexity index is 586. The zero-order chi connectivity index (χ0) is 15.4. The van der Waals surface area contributed by atoms with Crippen molar-refractivity contribution in [3.63, 3.8) is 0 Å². The SMILES string of the molecule is CSCCOC(=O)C1=C(C)NC(=O)N[C@@H]1c1ccc(Br)s1. The van der Waals surface area contributed by atoms with Crippen molar-refractivity contribution >= 4 is 51.0 Å². The smallest absolute Gasteiger partial charge is 0.338 e. The lowest BCUT2D eigenvalue weighted by atomic mass is 10.0. The fourth-order valence-electron chi connectivity index (χ4n) is 1.96. The second-order valence-electron chi connectivity index (χ2n) is 4.34. The lowest BCUT2D eigenvalue weighted by Crippen LogP contribution is -2.45. The predicted molar refractivity (Wildman–Crippen MR) is 88.5 cm³/mol. The monoisotopic (exact) mass is 390 g/mol. The summed E-state index contributed by atoms with van der Waals surface area (Å²) in [5.41, 5.74) is 0.979. The van der Waals surface area contributed by atoms with Gasteiger partial charge in [0.15, 0.2) is 0 Å². The molecule has 1 atom stereocenters. The second-order valence-corrected chi connectivity index (χ2v) is 7.82. The maximum atomic E-state index is 12.3. The molecule has 21 heavy (non-hydrogen) atoms. The van der Waals surface area contributed by atoms with E-state index in [1.807, 2.05) is 18.4 Å². The number of halogens is 1. The largest absolute Gasteiger partial charge is 0.461 e. The van der Waals surface area contributed by atoms with Gasteiger partial charge >= 0.3 is 12.0 Å². The van der Waals surface area contributed by atoms with Crippen molar-refractivity contribution in [1.29, 1.82) is 0 Å². The van der Waals surface area contributed by atoms with Gasteiger partial charge in [0, 0.05) is 16.3 Å². The van der Waals surface area contributed by atoms with E-state index in [1.54, 1.807) is 18.7 Å². The van der Waals surface area contributed by atoms with Crippen LogP contribution in [0.3, 0.4) is 0 Å². The summed E-state index contributed by atoms with van der Waals surface area (Å²) in [7, 11) is 0. The first-order valence-corrected chi connectivity index (χ1v) is 9.23. The third-order valence-corrected chi connectivity index (χ3v) is 5.15. The van der Waals surface area contributed by atoms with Gasteiger partial charge in [-0.2, -0.15) is 11.8 Å². The number of hydrogen-bond acceptors (Lipinski definition) is 5. The third-order valence-electron chi connectivity index (χ3n) is 2.89. The van der Waals surface area contributed by atoms with Crippen molar-refractivity contribution in [3.8, 4) is 0 Å². The van der Waals surface area contributed by atoms with E-state index in [4.69, 9.17) is 4.74 Å². The molecule has 0 radical (unpaired) electrons. The number of nitrogens with one attached hydrogen (secondary N) is 2. The number of carbonyl (C=O) groups excluding carboxylic acids is 2. The van der Waals surface area contributed by atoms with Crippen molar-refractivity contribution in [2.75, 3.05) is 18.6 Å². The molecule has 0 unspecified atom stereocenters. The van der Waals surface area contributed by atoms with E-state index in [0.29, 0.717) is 17.9 Å².